The molecule has 0 atom stereocenters. The maximum Gasteiger partial charge on any atom is 0.142 e. The van der Waals surface area contributed by atoms with Gasteiger partial charge in [-0.1, -0.05) is 13.3 Å². The summed E-state index contributed by atoms with van der Waals surface area (Å²) < 4.78 is 13.0. The van der Waals surface area contributed by atoms with Gasteiger partial charge in [-0.25, -0.2) is 9.37 Å². The van der Waals surface area contributed by atoms with Crippen molar-refractivity contribution in [3.63, 3.8) is 0 Å². The summed E-state index contributed by atoms with van der Waals surface area (Å²) in [5, 5.41) is 18.3. The first-order valence-corrected chi connectivity index (χ1v) is 9.76. The van der Waals surface area contributed by atoms with Crippen LogP contribution in [0.3, 0.4) is 0 Å². The Bertz CT molecular complexity index is 1190. The van der Waals surface area contributed by atoms with Crippen LogP contribution in [0.15, 0.2) is 42.6 Å². The fourth-order valence-corrected chi connectivity index (χ4v) is 3.65. The van der Waals surface area contributed by atoms with Crippen molar-refractivity contribution >= 4 is 33.7 Å². The number of thiophene rings is 2. The van der Waals surface area contributed by atoms with Gasteiger partial charge in [0.2, 0.25) is 0 Å². The van der Waals surface area contributed by atoms with E-state index in [1.807, 2.05) is 24.3 Å². The predicted octanol–water partition coefficient (Wildman–Crippen LogP) is 4.51. The van der Waals surface area contributed by atoms with Gasteiger partial charge in [0.15, 0.2) is 0 Å². The molecule has 0 amide bonds. The van der Waals surface area contributed by atoms with Crippen molar-refractivity contribution in [2.45, 2.75) is 20.6 Å². The molecule has 4 heterocycles. The fraction of sp³-hybridized carbons (Fsp3) is 0.136. The number of aliphatic hydroxyl groups excluding tert-OH is 2. The molecule has 148 valence electrons. The Morgan fingerprint density at radius 3 is 2.24 bits per heavy atom. The summed E-state index contributed by atoms with van der Waals surface area (Å²) in [6.45, 7) is 0.119. The quantitative estimate of drug-likeness (QED) is 0.413. The van der Waals surface area contributed by atoms with Crippen LogP contribution in [0, 0.1) is 30.0 Å². The number of halogens is 1. The molecule has 0 spiro atoms. The molecule has 0 fully saturated rings. The summed E-state index contributed by atoms with van der Waals surface area (Å²) >= 11 is 2.90. The van der Waals surface area contributed by atoms with E-state index in [1.165, 1.54) is 34.9 Å². The van der Waals surface area contributed by atoms with Gasteiger partial charge in [-0.3, -0.25) is 0 Å². The minimum absolute atomic E-state index is 0. The number of aromatic nitrogens is 2. The molecule has 29 heavy (non-hydrogen) atoms. The predicted molar refractivity (Wildman–Crippen MR) is 117 cm³/mol. The van der Waals surface area contributed by atoms with Crippen LogP contribution in [0.25, 0.3) is 11.0 Å². The minimum atomic E-state index is -0.364. The van der Waals surface area contributed by atoms with Crippen LogP contribution in [0.5, 0.6) is 0 Å². The lowest BCUT2D eigenvalue weighted by Gasteiger charge is -1.86. The van der Waals surface area contributed by atoms with Crippen LogP contribution < -0.4 is 0 Å². The number of pyridine rings is 1. The van der Waals surface area contributed by atoms with Gasteiger partial charge in [-0.15, -0.1) is 29.1 Å². The Morgan fingerprint density at radius 2 is 1.66 bits per heavy atom. The monoisotopic (exact) mass is 426 g/mol. The summed E-state index contributed by atoms with van der Waals surface area (Å²) in [7, 11) is 0. The van der Waals surface area contributed by atoms with Crippen LogP contribution in [-0.2, 0) is 13.2 Å². The number of aromatic amines is 1. The molecule has 4 rings (SSSR count). The molecule has 0 unspecified atom stereocenters. The molecule has 0 aliphatic heterocycles. The molecular weight excluding hydrogens is 407 g/mol. The van der Waals surface area contributed by atoms with Gasteiger partial charge in [0, 0.05) is 15.1 Å². The number of hydrogen-bond donors (Lipinski definition) is 3. The molecule has 4 nitrogen and oxygen atoms in total. The van der Waals surface area contributed by atoms with Gasteiger partial charge in [0.1, 0.15) is 11.5 Å². The Balaban J connectivity index is 0.000000255. The normalized spacial score (nSPS) is 9.59. The number of H-pyrrole nitrogens is 1. The lowest BCUT2D eigenvalue weighted by molar-refractivity contribution is 0.285. The van der Waals surface area contributed by atoms with E-state index in [0.717, 1.165) is 19.5 Å². The van der Waals surface area contributed by atoms with E-state index < -0.39 is 0 Å². The Hall–Kier alpha value is -2.94. The van der Waals surface area contributed by atoms with Crippen molar-refractivity contribution in [1.29, 1.82) is 0 Å². The topological polar surface area (TPSA) is 69.1 Å². The molecule has 0 aliphatic carbocycles. The van der Waals surface area contributed by atoms with E-state index in [9.17, 15) is 4.39 Å². The molecule has 3 N–H and O–H groups in total. The summed E-state index contributed by atoms with van der Waals surface area (Å²) in [6.07, 6.45) is 6.27. The zero-order chi connectivity index (χ0) is 19.9. The third kappa shape index (κ3) is 6.02. The van der Waals surface area contributed by atoms with Crippen molar-refractivity contribution in [2.75, 3.05) is 0 Å². The first-order valence-electron chi connectivity index (χ1n) is 8.13. The molecule has 0 bridgehead atoms. The van der Waals surface area contributed by atoms with E-state index in [0.29, 0.717) is 16.7 Å². The van der Waals surface area contributed by atoms with Gasteiger partial charge in [0.25, 0.3) is 0 Å². The first kappa shape index (κ1) is 22.4. The molecular formula is C22H19FN2O2S2. The number of rotatable bonds is 2. The Kier molecular flexibility index (Phi) is 8.14. The molecule has 0 radical (unpaired) electrons. The molecule has 0 saturated heterocycles. The van der Waals surface area contributed by atoms with Crippen LogP contribution in [-0.4, -0.2) is 20.2 Å². The minimum Gasteiger partial charge on any atom is -0.391 e. The highest BCUT2D eigenvalue weighted by atomic mass is 32.1. The average molecular weight is 427 g/mol. The Labute approximate surface area is 176 Å². The zero-order valence-electron chi connectivity index (χ0n) is 14.6. The number of hydrogen-bond acceptors (Lipinski definition) is 5. The molecule has 0 aliphatic rings. The summed E-state index contributed by atoms with van der Waals surface area (Å²) in [4.78, 5) is 10.5. The largest absolute Gasteiger partial charge is 0.391 e. The molecule has 4 aromatic rings. The fourth-order valence-electron chi connectivity index (χ4n) is 2.26. The third-order valence-electron chi connectivity index (χ3n) is 3.53. The van der Waals surface area contributed by atoms with Crippen molar-refractivity contribution in [3.8, 4) is 24.2 Å². The third-order valence-corrected chi connectivity index (χ3v) is 5.52. The number of nitrogens with one attached hydrogen (secondary N) is 1. The highest BCUT2D eigenvalue weighted by Gasteiger charge is 2.01. The van der Waals surface area contributed by atoms with Crippen LogP contribution >= 0.6 is 22.7 Å². The summed E-state index contributed by atoms with van der Waals surface area (Å²) in [5.41, 5.74) is 1.31. The maximum absolute atomic E-state index is 13.0. The van der Waals surface area contributed by atoms with E-state index in [2.05, 4.69) is 27.7 Å². The van der Waals surface area contributed by atoms with Crippen molar-refractivity contribution < 1.29 is 14.6 Å². The number of terminal acetylenes is 1. The number of fused-ring (bicyclic) bond motifs is 1. The molecule has 0 saturated carbocycles. The van der Waals surface area contributed by atoms with Gasteiger partial charge in [0.05, 0.1) is 34.9 Å². The molecule has 4 aromatic heterocycles. The smallest absolute Gasteiger partial charge is 0.142 e. The number of aliphatic hydroxyl groups is 2. The summed E-state index contributed by atoms with van der Waals surface area (Å²) in [6, 6.07) is 10.6. The molecule has 7 heteroatoms. The van der Waals surface area contributed by atoms with Crippen LogP contribution in [0.4, 0.5) is 4.39 Å². The van der Waals surface area contributed by atoms with Gasteiger partial charge in [-0.2, -0.15) is 0 Å². The maximum atomic E-state index is 13.0. The first-order chi connectivity index (χ1) is 13.6. The van der Waals surface area contributed by atoms with E-state index >= 15 is 0 Å². The standard InChI is InChI=1S/C14H9FN2OS.C7H6OS.CH4/c15-10-5-9-6-11(17-14(9)16-7-10)1-2-12-3-4-13(8-18)19-12;1-2-6-3-4-7(5-8)9-6;/h3-7,18H,8H2,(H,16,17);1,3-4,8H,5H2;1H4. The van der Waals surface area contributed by atoms with E-state index in [4.69, 9.17) is 16.6 Å². The SMILES string of the molecule is C.C#Cc1ccc(CO)s1.OCc1ccc(C#Cc2cc3cc(F)cnc3[nH]2)s1. The van der Waals surface area contributed by atoms with Gasteiger partial charge >= 0.3 is 0 Å². The van der Waals surface area contributed by atoms with Crippen molar-refractivity contribution in [2.24, 2.45) is 0 Å². The van der Waals surface area contributed by atoms with Crippen LogP contribution in [0.2, 0.25) is 0 Å². The van der Waals surface area contributed by atoms with Gasteiger partial charge < -0.3 is 15.2 Å². The van der Waals surface area contributed by atoms with Crippen LogP contribution in [0.1, 0.15) is 32.6 Å². The molecule has 0 aromatic carbocycles. The zero-order valence-corrected chi connectivity index (χ0v) is 16.2. The lowest BCUT2D eigenvalue weighted by atomic mass is 10.3. The number of nitrogens with zero attached hydrogens (tertiary/aromatic N) is 1. The Morgan fingerprint density at radius 1 is 1.00 bits per heavy atom. The highest BCUT2D eigenvalue weighted by molar-refractivity contribution is 7.12. The van der Waals surface area contributed by atoms with Crippen molar-refractivity contribution in [1.82, 2.24) is 9.97 Å². The van der Waals surface area contributed by atoms with E-state index in [1.54, 1.807) is 6.07 Å². The average Bonchev–Trinajstić information content (AvgIpc) is 3.44. The summed E-state index contributed by atoms with van der Waals surface area (Å²) in [5.74, 6) is 8.09. The van der Waals surface area contributed by atoms with E-state index in [-0.39, 0.29) is 26.5 Å². The highest BCUT2D eigenvalue weighted by Crippen LogP contribution is 2.16. The second-order valence-corrected chi connectivity index (χ2v) is 7.85. The van der Waals surface area contributed by atoms with Gasteiger partial charge in [-0.05, 0) is 48.2 Å². The van der Waals surface area contributed by atoms with Crippen molar-refractivity contribution in [3.05, 3.63) is 73.6 Å². The second-order valence-electron chi connectivity index (χ2n) is 5.52. The second kappa shape index (κ2) is 10.6. The lowest BCUT2D eigenvalue weighted by Crippen LogP contribution is -1.78.